The van der Waals surface area contributed by atoms with E-state index in [1.54, 1.807) is 14.1 Å². The molecule has 3 N–H and O–H groups in total. The Morgan fingerprint density at radius 2 is 1.59 bits per heavy atom. The van der Waals surface area contributed by atoms with E-state index in [2.05, 4.69) is 20.9 Å². The van der Waals surface area contributed by atoms with Crippen LogP contribution in [0.2, 0.25) is 0 Å². The van der Waals surface area contributed by atoms with E-state index in [-0.39, 0.29) is 42.3 Å². The second kappa shape index (κ2) is 11.5. The van der Waals surface area contributed by atoms with E-state index in [0.29, 0.717) is 25.6 Å². The summed E-state index contributed by atoms with van der Waals surface area (Å²) in [6.07, 6.45) is 0. The highest BCUT2D eigenvalue weighted by Gasteiger charge is 2.27. The number of carbonyl (C=O) groups excluding carboxylic acids is 2. The molecule has 0 rings (SSSR count). The van der Waals surface area contributed by atoms with Gasteiger partial charge >= 0.3 is 0 Å². The van der Waals surface area contributed by atoms with E-state index >= 15 is 0 Å². The van der Waals surface area contributed by atoms with Gasteiger partial charge in [-0.25, -0.2) is 4.99 Å². The molecular formula is C14H30IN5O2. The minimum atomic E-state index is -0.558. The predicted octanol–water partition coefficient (Wildman–Crippen LogP) is 0.410. The number of halogens is 1. The van der Waals surface area contributed by atoms with Gasteiger partial charge in [-0.15, -0.1) is 24.0 Å². The van der Waals surface area contributed by atoms with Gasteiger partial charge in [0.05, 0.1) is 5.41 Å². The van der Waals surface area contributed by atoms with Crippen LogP contribution in [-0.2, 0) is 9.59 Å². The van der Waals surface area contributed by atoms with E-state index in [9.17, 15) is 9.59 Å². The van der Waals surface area contributed by atoms with Crippen LogP contribution in [0, 0.1) is 5.41 Å². The number of hydrogen-bond acceptors (Lipinski definition) is 3. The van der Waals surface area contributed by atoms with E-state index < -0.39 is 5.41 Å². The smallest absolute Gasteiger partial charge is 0.243 e. The van der Waals surface area contributed by atoms with Crippen LogP contribution < -0.4 is 16.0 Å². The zero-order chi connectivity index (χ0) is 16.5. The molecule has 7 nitrogen and oxygen atoms in total. The van der Waals surface area contributed by atoms with Gasteiger partial charge in [-0.05, 0) is 27.7 Å². The van der Waals surface area contributed by atoms with Crippen molar-refractivity contribution in [1.29, 1.82) is 0 Å². The minimum Gasteiger partial charge on any atom is -0.357 e. The van der Waals surface area contributed by atoms with Crippen molar-refractivity contribution in [3.05, 3.63) is 0 Å². The lowest BCUT2D eigenvalue weighted by Crippen LogP contribution is -2.48. The van der Waals surface area contributed by atoms with Gasteiger partial charge in [-0.1, -0.05) is 0 Å². The maximum absolute atomic E-state index is 11.9. The van der Waals surface area contributed by atoms with Crippen molar-refractivity contribution in [2.75, 3.05) is 40.3 Å². The van der Waals surface area contributed by atoms with E-state index in [1.165, 1.54) is 4.90 Å². The van der Waals surface area contributed by atoms with Crippen LogP contribution in [0.1, 0.15) is 27.7 Å². The van der Waals surface area contributed by atoms with Crippen molar-refractivity contribution in [3.8, 4) is 0 Å². The zero-order valence-electron chi connectivity index (χ0n) is 14.4. The molecule has 0 saturated heterocycles. The SMILES string of the molecule is CCNC(=O)C(C)(C)CNC(=NCC(=O)N(C)C)NCC.I. The van der Waals surface area contributed by atoms with Gasteiger partial charge < -0.3 is 20.9 Å². The van der Waals surface area contributed by atoms with Gasteiger partial charge in [0.2, 0.25) is 11.8 Å². The third-order valence-corrected chi connectivity index (χ3v) is 2.87. The molecule has 22 heavy (non-hydrogen) atoms. The van der Waals surface area contributed by atoms with Crippen LogP contribution in [0.4, 0.5) is 0 Å². The number of rotatable bonds is 7. The molecule has 8 heteroatoms. The molecule has 0 aliphatic carbocycles. The maximum Gasteiger partial charge on any atom is 0.243 e. The summed E-state index contributed by atoms with van der Waals surface area (Å²) in [5, 5.41) is 8.97. The van der Waals surface area contributed by atoms with Crippen LogP contribution in [0.15, 0.2) is 4.99 Å². The van der Waals surface area contributed by atoms with Gasteiger partial charge in [0.25, 0.3) is 0 Å². The maximum atomic E-state index is 11.9. The Balaban J connectivity index is 0. The molecular weight excluding hydrogens is 397 g/mol. The number of nitrogens with zero attached hydrogens (tertiary/aromatic N) is 2. The molecule has 130 valence electrons. The Labute approximate surface area is 150 Å². The molecule has 0 saturated carbocycles. The van der Waals surface area contributed by atoms with Crippen LogP contribution in [0.5, 0.6) is 0 Å². The fourth-order valence-corrected chi connectivity index (χ4v) is 1.41. The second-order valence-corrected chi connectivity index (χ2v) is 5.58. The predicted molar refractivity (Wildman–Crippen MR) is 101 cm³/mol. The number of amides is 2. The van der Waals surface area contributed by atoms with Gasteiger partial charge in [0, 0.05) is 33.7 Å². The fourth-order valence-electron chi connectivity index (χ4n) is 1.41. The lowest BCUT2D eigenvalue weighted by atomic mass is 9.92. The van der Waals surface area contributed by atoms with Crippen molar-refractivity contribution >= 4 is 41.8 Å². The number of likely N-dealkylation sites (N-methyl/N-ethyl adjacent to an activating group) is 1. The number of aliphatic imine (C=N–C) groups is 1. The average Bonchev–Trinajstić information content (AvgIpc) is 2.41. The van der Waals surface area contributed by atoms with E-state index in [0.717, 1.165) is 0 Å². The summed E-state index contributed by atoms with van der Waals surface area (Å²) >= 11 is 0. The molecule has 0 aliphatic rings. The largest absolute Gasteiger partial charge is 0.357 e. The first kappa shape index (κ1) is 23.2. The van der Waals surface area contributed by atoms with Crippen molar-refractivity contribution in [3.63, 3.8) is 0 Å². The van der Waals surface area contributed by atoms with Gasteiger partial charge in [0.1, 0.15) is 6.54 Å². The molecule has 0 bridgehead atoms. The van der Waals surface area contributed by atoms with Crippen LogP contribution >= 0.6 is 24.0 Å². The summed E-state index contributed by atoms with van der Waals surface area (Å²) in [5.41, 5.74) is -0.558. The summed E-state index contributed by atoms with van der Waals surface area (Å²) in [4.78, 5) is 29.2. The second-order valence-electron chi connectivity index (χ2n) is 5.58. The third-order valence-electron chi connectivity index (χ3n) is 2.87. The fraction of sp³-hybridized carbons (Fsp3) is 0.786. The Hall–Kier alpha value is -1.06. The lowest BCUT2D eigenvalue weighted by Gasteiger charge is -2.24. The van der Waals surface area contributed by atoms with Crippen molar-refractivity contribution < 1.29 is 9.59 Å². The number of carbonyl (C=O) groups is 2. The summed E-state index contributed by atoms with van der Waals surface area (Å²) in [5.74, 6) is 0.443. The quantitative estimate of drug-likeness (QED) is 0.312. The molecule has 0 spiro atoms. The van der Waals surface area contributed by atoms with E-state index in [4.69, 9.17) is 0 Å². The Kier molecular flexibility index (Phi) is 12.1. The van der Waals surface area contributed by atoms with Gasteiger partial charge in [-0.2, -0.15) is 0 Å². The summed E-state index contributed by atoms with van der Waals surface area (Å²) in [6, 6.07) is 0. The standard InChI is InChI=1S/C14H29N5O2.HI/c1-7-15-12(21)14(3,4)10-18-13(16-8-2)17-9-11(20)19(5)6;/h7-10H2,1-6H3,(H,15,21)(H2,16,17,18);1H. The first-order valence-electron chi connectivity index (χ1n) is 7.25. The Morgan fingerprint density at radius 3 is 2.05 bits per heavy atom. The molecule has 0 heterocycles. The van der Waals surface area contributed by atoms with Crippen molar-refractivity contribution in [1.82, 2.24) is 20.9 Å². The molecule has 0 atom stereocenters. The van der Waals surface area contributed by atoms with Crippen molar-refractivity contribution in [2.24, 2.45) is 10.4 Å². The molecule has 0 radical (unpaired) electrons. The molecule has 0 aliphatic heterocycles. The highest BCUT2D eigenvalue weighted by atomic mass is 127. The van der Waals surface area contributed by atoms with Crippen LogP contribution in [0.3, 0.4) is 0 Å². The third kappa shape index (κ3) is 9.06. The summed E-state index contributed by atoms with van der Waals surface area (Å²) < 4.78 is 0. The van der Waals surface area contributed by atoms with E-state index in [1.807, 2.05) is 27.7 Å². The average molecular weight is 427 g/mol. The lowest BCUT2D eigenvalue weighted by molar-refractivity contribution is -0.129. The van der Waals surface area contributed by atoms with Gasteiger partial charge in [0.15, 0.2) is 5.96 Å². The molecule has 2 amide bonds. The number of hydrogen-bond donors (Lipinski definition) is 3. The monoisotopic (exact) mass is 427 g/mol. The summed E-state index contributed by atoms with van der Waals surface area (Å²) in [6.45, 7) is 9.35. The van der Waals surface area contributed by atoms with Crippen LogP contribution in [-0.4, -0.2) is 62.9 Å². The topological polar surface area (TPSA) is 85.8 Å². The highest BCUT2D eigenvalue weighted by Crippen LogP contribution is 2.13. The van der Waals surface area contributed by atoms with Crippen LogP contribution in [0.25, 0.3) is 0 Å². The number of nitrogens with one attached hydrogen (secondary N) is 3. The normalized spacial score (nSPS) is 11.3. The zero-order valence-corrected chi connectivity index (χ0v) is 16.8. The molecule has 0 aromatic heterocycles. The highest BCUT2D eigenvalue weighted by molar-refractivity contribution is 14.0. The molecule has 0 aromatic rings. The minimum absolute atomic E-state index is 0. The van der Waals surface area contributed by atoms with Gasteiger partial charge in [-0.3, -0.25) is 9.59 Å². The first-order chi connectivity index (χ1) is 9.74. The Morgan fingerprint density at radius 1 is 1.05 bits per heavy atom. The van der Waals surface area contributed by atoms with Crippen molar-refractivity contribution in [2.45, 2.75) is 27.7 Å². The molecule has 0 unspecified atom stereocenters. The Bertz CT molecular complexity index is 383. The molecule has 0 aromatic carbocycles. The summed E-state index contributed by atoms with van der Waals surface area (Å²) in [7, 11) is 3.38. The first-order valence-corrected chi connectivity index (χ1v) is 7.25. The molecule has 0 fully saturated rings. The number of guanidine groups is 1.